The second-order valence-corrected chi connectivity index (χ2v) is 8.93. The summed E-state index contributed by atoms with van der Waals surface area (Å²) in [6.07, 6.45) is 5.50. The molecule has 1 saturated carbocycles. The van der Waals surface area contributed by atoms with Crippen molar-refractivity contribution < 1.29 is 9.59 Å². The smallest absolute Gasteiger partial charge is 0.272 e. The molecule has 1 aliphatic carbocycles. The Morgan fingerprint density at radius 3 is 2.71 bits per heavy atom. The minimum Gasteiger partial charge on any atom is -0.338 e. The van der Waals surface area contributed by atoms with Crippen LogP contribution in [0.25, 0.3) is 0 Å². The molecular formula is C22H28N6O3. The summed E-state index contributed by atoms with van der Waals surface area (Å²) in [4.78, 5) is 49.2. The van der Waals surface area contributed by atoms with E-state index >= 15 is 0 Å². The summed E-state index contributed by atoms with van der Waals surface area (Å²) >= 11 is 0. The minimum atomic E-state index is -0.260. The zero-order valence-electron chi connectivity index (χ0n) is 18.1. The third-order valence-electron chi connectivity index (χ3n) is 6.73. The second kappa shape index (κ2) is 7.62. The molecule has 2 aromatic rings. The molecule has 3 aliphatic rings. The van der Waals surface area contributed by atoms with Crippen molar-refractivity contribution >= 4 is 11.8 Å². The number of piperidine rings is 1. The van der Waals surface area contributed by atoms with E-state index < -0.39 is 0 Å². The molecule has 2 amide bonds. The molecule has 0 aromatic carbocycles. The van der Waals surface area contributed by atoms with Gasteiger partial charge in [0, 0.05) is 39.4 Å². The van der Waals surface area contributed by atoms with Gasteiger partial charge in [0.25, 0.3) is 11.5 Å². The Morgan fingerprint density at radius 2 is 1.97 bits per heavy atom. The van der Waals surface area contributed by atoms with Gasteiger partial charge in [0.15, 0.2) is 0 Å². The van der Waals surface area contributed by atoms with E-state index in [-0.39, 0.29) is 23.4 Å². The zero-order chi connectivity index (χ0) is 21.7. The van der Waals surface area contributed by atoms with Crippen molar-refractivity contribution in [2.75, 3.05) is 13.1 Å². The summed E-state index contributed by atoms with van der Waals surface area (Å²) in [5, 5.41) is 4.54. The highest BCUT2D eigenvalue weighted by molar-refractivity contribution is 5.93. The number of nitrogens with zero attached hydrogens (tertiary/aromatic N) is 5. The van der Waals surface area contributed by atoms with E-state index in [4.69, 9.17) is 4.98 Å². The fourth-order valence-electron chi connectivity index (χ4n) is 4.75. The molecule has 2 aromatic heterocycles. The number of carbonyl (C=O) groups is 2. The normalized spacial score (nSPS) is 21.2. The molecule has 1 atom stereocenters. The highest BCUT2D eigenvalue weighted by Crippen LogP contribution is 2.39. The van der Waals surface area contributed by atoms with Gasteiger partial charge >= 0.3 is 0 Å². The van der Waals surface area contributed by atoms with Crippen molar-refractivity contribution in [1.82, 2.24) is 29.5 Å². The highest BCUT2D eigenvalue weighted by Gasteiger charge is 2.35. The van der Waals surface area contributed by atoms with Crippen LogP contribution in [-0.2, 0) is 24.8 Å². The number of nitrogens with one attached hydrogen (secondary N) is 1. The average molecular weight is 425 g/mol. The largest absolute Gasteiger partial charge is 0.338 e. The van der Waals surface area contributed by atoms with Gasteiger partial charge in [-0.05, 0) is 38.2 Å². The maximum absolute atomic E-state index is 13.5. The van der Waals surface area contributed by atoms with Crippen LogP contribution in [0.5, 0.6) is 0 Å². The van der Waals surface area contributed by atoms with Gasteiger partial charge in [0.1, 0.15) is 11.5 Å². The summed E-state index contributed by atoms with van der Waals surface area (Å²) in [5.41, 5.74) is 2.67. The quantitative estimate of drug-likeness (QED) is 0.807. The van der Waals surface area contributed by atoms with Crippen molar-refractivity contribution in [3.05, 3.63) is 44.9 Å². The van der Waals surface area contributed by atoms with E-state index in [1.165, 1.54) is 6.92 Å². The number of aryl methyl sites for hydroxylation is 1. The molecule has 0 bridgehead atoms. The number of aromatic amines is 1. The van der Waals surface area contributed by atoms with Crippen molar-refractivity contribution in [3.8, 4) is 0 Å². The fraction of sp³-hybridized carbons (Fsp3) is 0.591. The van der Waals surface area contributed by atoms with Crippen molar-refractivity contribution in [2.24, 2.45) is 7.05 Å². The van der Waals surface area contributed by atoms with Crippen LogP contribution in [0.4, 0.5) is 0 Å². The lowest BCUT2D eigenvalue weighted by Crippen LogP contribution is -2.42. The predicted octanol–water partition coefficient (Wildman–Crippen LogP) is 1.65. The van der Waals surface area contributed by atoms with Crippen LogP contribution >= 0.6 is 0 Å². The molecule has 0 radical (unpaired) electrons. The third-order valence-corrected chi connectivity index (χ3v) is 6.73. The molecule has 2 fully saturated rings. The minimum absolute atomic E-state index is 0.0417. The molecular weight excluding hydrogens is 396 g/mol. The third kappa shape index (κ3) is 3.66. The van der Waals surface area contributed by atoms with Gasteiger partial charge < -0.3 is 14.8 Å². The van der Waals surface area contributed by atoms with Gasteiger partial charge in [0.2, 0.25) is 5.91 Å². The number of likely N-dealkylation sites (tertiary alicyclic amines) is 1. The molecule has 1 N–H and O–H groups in total. The SMILES string of the molecule is CC(=O)N1CCc2nc(C3CCCCN3C(=O)c3cc(C4CC4)nn3C)[nH]c(=O)c2C1. The van der Waals surface area contributed by atoms with E-state index in [1.807, 2.05) is 18.0 Å². The summed E-state index contributed by atoms with van der Waals surface area (Å²) in [7, 11) is 1.82. The van der Waals surface area contributed by atoms with Gasteiger partial charge in [-0.3, -0.25) is 19.1 Å². The number of H-pyrrole nitrogens is 1. The van der Waals surface area contributed by atoms with Crippen LogP contribution in [0.1, 0.15) is 84.3 Å². The number of hydrogen-bond donors (Lipinski definition) is 1. The Balaban J connectivity index is 1.45. The molecule has 164 valence electrons. The Morgan fingerprint density at radius 1 is 1.16 bits per heavy atom. The number of rotatable bonds is 3. The first-order chi connectivity index (χ1) is 14.9. The molecule has 5 rings (SSSR count). The lowest BCUT2D eigenvalue weighted by atomic mass is 9.99. The molecule has 2 aliphatic heterocycles. The summed E-state index contributed by atoms with van der Waals surface area (Å²) in [6.45, 7) is 3.00. The maximum Gasteiger partial charge on any atom is 0.272 e. The van der Waals surface area contributed by atoms with Gasteiger partial charge in [0.05, 0.1) is 29.5 Å². The Labute approximate surface area is 180 Å². The number of amides is 2. The summed E-state index contributed by atoms with van der Waals surface area (Å²) in [5.74, 6) is 0.936. The van der Waals surface area contributed by atoms with Crippen LogP contribution in [-0.4, -0.2) is 54.5 Å². The van der Waals surface area contributed by atoms with E-state index in [0.29, 0.717) is 49.1 Å². The lowest BCUT2D eigenvalue weighted by Gasteiger charge is -2.35. The molecule has 9 nitrogen and oxygen atoms in total. The predicted molar refractivity (Wildman–Crippen MR) is 112 cm³/mol. The van der Waals surface area contributed by atoms with Crippen LogP contribution < -0.4 is 5.56 Å². The van der Waals surface area contributed by atoms with Crippen LogP contribution in [0, 0.1) is 0 Å². The second-order valence-electron chi connectivity index (χ2n) is 8.93. The fourth-order valence-corrected chi connectivity index (χ4v) is 4.75. The van der Waals surface area contributed by atoms with Gasteiger partial charge in [-0.1, -0.05) is 0 Å². The van der Waals surface area contributed by atoms with Gasteiger partial charge in [-0.15, -0.1) is 0 Å². The number of carbonyl (C=O) groups excluding carboxylic acids is 2. The first kappa shape index (κ1) is 20.0. The zero-order valence-corrected chi connectivity index (χ0v) is 18.1. The Bertz CT molecular complexity index is 1100. The van der Waals surface area contributed by atoms with Crippen LogP contribution in [0.15, 0.2) is 10.9 Å². The van der Waals surface area contributed by atoms with Crippen LogP contribution in [0.2, 0.25) is 0 Å². The number of aromatic nitrogens is 4. The molecule has 31 heavy (non-hydrogen) atoms. The molecule has 4 heterocycles. The number of hydrogen-bond acceptors (Lipinski definition) is 5. The van der Waals surface area contributed by atoms with Crippen molar-refractivity contribution in [2.45, 2.75) is 64.0 Å². The first-order valence-electron chi connectivity index (χ1n) is 11.1. The highest BCUT2D eigenvalue weighted by atomic mass is 16.2. The van der Waals surface area contributed by atoms with E-state index in [0.717, 1.165) is 43.5 Å². The van der Waals surface area contributed by atoms with E-state index in [1.54, 1.807) is 9.58 Å². The Hall–Kier alpha value is -2.97. The topological polar surface area (TPSA) is 104 Å². The monoisotopic (exact) mass is 424 g/mol. The molecule has 1 saturated heterocycles. The lowest BCUT2D eigenvalue weighted by molar-refractivity contribution is -0.129. The molecule has 0 spiro atoms. The molecule has 1 unspecified atom stereocenters. The van der Waals surface area contributed by atoms with Crippen LogP contribution in [0.3, 0.4) is 0 Å². The maximum atomic E-state index is 13.5. The standard InChI is InChI=1S/C22H28N6O3/c1-13(29)27-10-8-16-15(12-27)21(30)24-20(23-16)18-5-3-4-9-28(18)22(31)19-11-17(14-6-7-14)25-26(19)2/h11,14,18H,3-10,12H2,1-2H3,(H,23,24,30). The van der Waals surface area contributed by atoms with E-state index in [9.17, 15) is 14.4 Å². The summed E-state index contributed by atoms with van der Waals surface area (Å²) in [6, 6.07) is 1.66. The van der Waals surface area contributed by atoms with Gasteiger partial charge in [-0.2, -0.15) is 5.10 Å². The average Bonchev–Trinajstić information content (AvgIpc) is 3.54. The summed E-state index contributed by atoms with van der Waals surface area (Å²) < 4.78 is 1.68. The van der Waals surface area contributed by atoms with E-state index in [2.05, 4.69) is 10.1 Å². The molecule has 9 heteroatoms. The first-order valence-corrected chi connectivity index (χ1v) is 11.1. The number of fused-ring (bicyclic) bond motifs is 1. The van der Waals surface area contributed by atoms with Crippen molar-refractivity contribution in [1.29, 1.82) is 0 Å². The van der Waals surface area contributed by atoms with Crippen molar-refractivity contribution in [3.63, 3.8) is 0 Å². The van der Waals surface area contributed by atoms with Gasteiger partial charge in [-0.25, -0.2) is 4.98 Å². The Kier molecular flexibility index (Phi) is 4.91.